The average Bonchev–Trinajstić information content (AvgIpc) is 2.38. The summed E-state index contributed by atoms with van der Waals surface area (Å²) in [5.74, 6) is -0.838. The molecule has 0 aromatic heterocycles. The zero-order valence-electron chi connectivity index (χ0n) is 9.98. The lowest BCUT2D eigenvalue weighted by Gasteiger charge is -2.06. The third kappa shape index (κ3) is 5.52. The van der Waals surface area contributed by atoms with Gasteiger partial charge in [-0.15, -0.1) is 0 Å². The molecule has 2 N–H and O–H groups in total. The van der Waals surface area contributed by atoms with Crippen LogP contribution in [0.3, 0.4) is 0 Å². The van der Waals surface area contributed by atoms with Crippen molar-refractivity contribution in [2.24, 2.45) is 0 Å². The number of nitro groups is 1. The lowest BCUT2D eigenvalue weighted by Crippen LogP contribution is -2.04. The second-order valence-electron chi connectivity index (χ2n) is 2.92. The van der Waals surface area contributed by atoms with Crippen molar-refractivity contribution in [2.45, 2.75) is 4.90 Å². The molecule has 106 valence electrons. The van der Waals surface area contributed by atoms with Gasteiger partial charge in [0.15, 0.2) is 0 Å². The summed E-state index contributed by atoms with van der Waals surface area (Å²) in [4.78, 5) is 20.5. The second kappa shape index (κ2) is 8.26. The summed E-state index contributed by atoms with van der Waals surface area (Å²) in [7, 11) is 2.52. The smallest absolute Gasteiger partial charge is 0.338 e. The Morgan fingerprint density at radius 1 is 1.47 bits per heavy atom. The molecule has 0 amide bonds. The molecule has 10 heteroatoms. The molecule has 0 aliphatic carbocycles. The number of rotatable bonds is 3. The van der Waals surface area contributed by atoms with E-state index < -0.39 is 27.7 Å². The molecule has 1 unspecified atom stereocenters. The van der Waals surface area contributed by atoms with Crippen molar-refractivity contribution in [1.29, 1.82) is 0 Å². The zero-order valence-corrected chi connectivity index (χ0v) is 10.8. The normalized spacial score (nSPS) is 10.9. The van der Waals surface area contributed by atoms with Gasteiger partial charge >= 0.3 is 5.97 Å². The van der Waals surface area contributed by atoms with Crippen LogP contribution in [0.5, 0.6) is 0 Å². The quantitative estimate of drug-likeness (QED) is 0.348. The number of nitrogens with one attached hydrogen (secondary N) is 1. The van der Waals surface area contributed by atoms with Crippen LogP contribution >= 0.6 is 0 Å². The molecule has 0 spiro atoms. The fourth-order valence-corrected chi connectivity index (χ4v) is 1.46. The van der Waals surface area contributed by atoms with Gasteiger partial charge in [-0.25, -0.2) is 10.3 Å². The Bertz CT molecular complexity index is 459. The molecule has 0 saturated carbocycles. The molecule has 0 bridgehead atoms. The number of esters is 1. The number of hydrogen-bond donors (Lipinski definition) is 2. The minimum atomic E-state index is -2.65. The van der Waals surface area contributed by atoms with E-state index in [2.05, 4.69) is 4.74 Å². The number of ether oxygens (including phenoxy) is 1. The average molecular weight is 291 g/mol. The number of methoxy groups -OCH3 is 1. The first-order chi connectivity index (χ1) is 8.87. The number of benzene rings is 1. The van der Waals surface area contributed by atoms with Crippen molar-refractivity contribution in [3.8, 4) is 0 Å². The van der Waals surface area contributed by atoms with Crippen molar-refractivity contribution in [3.05, 3.63) is 33.9 Å². The lowest BCUT2D eigenvalue weighted by atomic mass is 10.2. The Hall–Kier alpha value is -1.88. The van der Waals surface area contributed by atoms with Gasteiger partial charge in [0, 0.05) is 24.1 Å². The van der Waals surface area contributed by atoms with Crippen LogP contribution in [0.4, 0.5) is 5.69 Å². The Morgan fingerprint density at radius 2 is 2.00 bits per heavy atom. The van der Waals surface area contributed by atoms with Crippen molar-refractivity contribution in [3.63, 3.8) is 0 Å². The largest absolute Gasteiger partial charge is 0.768 e. The monoisotopic (exact) mass is 291 g/mol. The highest BCUT2D eigenvalue weighted by atomic mass is 32.2. The Kier molecular flexibility index (Phi) is 7.44. The van der Waals surface area contributed by atoms with Crippen LogP contribution in [0.2, 0.25) is 0 Å². The van der Waals surface area contributed by atoms with E-state index >= 15 is 0 Å². The zero-order chi connectivity index (χ0) is 15.0. The fourth-order valence-electron chi connectivity index (χ4n) is 1.02. The molecule has 0 aliphatic heterocycles. The first kappa shape index (κ1) is 17.1. The van der Waals surface area contributed by atoms with Crippen LogP contribution < -0.4 is 5.48 Å². The number of hydroxylamine groups is 1. The number of hydrogen-bond acceptors (Lipinski definition) is 8. The molecule has 9 nitrogen and oxygen atoms in total. The van der Waals surface area contributed by atoms with E-state index in [0.29, 0.717) is 0 Å². The molecular weight excluding hydrogens is 280 g/mol. The molecule has 1 atom stereocenters. The van der Waals surface area contributed by atoms with E-state index in [1.54, 1.807) is 5.48 Å². The van der Waals surface area contributed by atoms with Crippen LogP contribution in [0.1, 0.15) is 10.4 Å². The predicted octanol–water partition coefficient (Wildman–Crippen LogP) is 0.214. The first-order valence-electron chi connectivity index (χ1n) is 4.65. The van der Waals surface area contributed by atoms with E-state index in [1.807, 2.05) is 0 Å². The highest BCUT2D eigenvalue weighted by Gasteiger charge is 2.14. The summed E-state index contributed by atoms with van der Waals surface area (Å²) in [5.41, 5.74) is 1.08. The molecule has 0 aliphatic rings. The summed E-state index contributed by atoms with van der Waals surface area (Å²) >= 11 is -2.65. The van der Waals surface area contributed by atoms with Gasteiger partial charge in [0.1, 0.15) is 0 Å². The molecule has 0 radical (unpaired) electrons. The third-order valence-electron chi connectivity index (χ3n) is 1.72. The molecule has 1 aromatic carbocycles. The number of carbonyl (C=O) groups is 1. The third-order valence-corrected chi connectivity index (χ3v) is 2.34. The molecular formula is C9H11N2O7S-. The molecule has 0 fully saturated rings. The van der Waals surface area contributed by atoms with Gasteiger partial charge in [-0.3, -0.25) is 14.3 Å². The molecule has 0 heterocycles. The number of nitro benzene ring substituents is 1. The van der Waals surface area contributed by atoms with Crippen LogP contribution in [0.25, 0.3) is 0 Å². The van der Waals surface area contributed by atoms with Gasteiger partial charge in [-0.05, 0) is 17.1 Å². The van der Waals surface area contributed by atoms with Crippen LogP contribution in [0, 0.1) is 10.1 Å². The van der Waals surface area contributed by atoms with Crippen molar-refractivity contribution < 1.29 is 28.4 Å². The Morgan fingerprint density at radius 3 is 2.37 bits per heavy atom. The van der Waals surface area contributed by atoms with Crippen LogP contribution in [-0.4, -0.2) is 39.0 Å². The van der Waals surface area contributed by atoms with Crippen LogP contribution in [-0.2, 0) is 15.8 Å². The second-order valence-corrected chi connectivity index (χ2v) is 3.86. The minimum Gasteiger partial charge on any atom is -0.768 e. The highest BCUT2D eigenvalue weighted by Crippen LogP contribution is 2.19. The van der Waals surface area contributed by atoms with Gasteiger partial charge in [0.05, 0.1) is 17.6 Å². The van der Waals surface area contributed by atoms with E-state index in [-0.39, 0.29) is 10.5 Å². The summed E-state index contributed by atoms with van der Waals surface area (Å²) in [5, 5.41) is 17.8. The maximum Gasteiger partial charge on any atom is 0.338 e. The molecule has 1 aromatic rings. The van der Waals surface area contributed by atoms with Gasteiger partial charge in [0.2, 0.25) is 0 Å². The van der Waals surface area contributed by atoms with Gasteiger partial charge in [-0.1, -0.05) is 0 Å². The molecule has 0 saturated heterocycles. The topological polar surface area (TPSA) is 142 Å². The highest BCUT2D eigenvalue weighted by molar-refractivity contribution is 7.79. The van der Waals surface area contributed by atoms with E-state index in [9.17, 15) is 23.7 Å². The Labute approximate surface area is 110 Å². The first-order valence-corrected chi connectivity index (χ1v) is 5.72. The fraction of sp³-hybridized carbons (Fsp3) is 0.222. The molecule has 1 rings (SSSR count). The standard InChI is InChI=1S/C8H7NO6S.CH5NO/c1-15-8(10)5-2-6(9(11)12)4-7(3-5)16(13)14;1-2-3/h2-4H,1H3,(H,13,14);2-3H,1H3/p-1. The van der Waals surface area contributed by atoms with Crippen molar-refractivity contribution in [1.82, 2.24) is 5.48 Å². The number of carbonyl (C=O) groups excluding carboxylic acids is 1. The lowest BCUT2D eigenvalue weighted by molar-refractivity contribution is -0.385. The Balaban J connectivity index is 0.000000982. The van der Waals surface area contributed by atoms with Gasteiger partial charge in [-0.2, -0.15) is 0 Å². The maximum absolute atomic E-state index is 11.1. The summed E-state index contributed by atoms with van der Waals surface area (Å²) in [6.07, 6.45) is 0. The summed E-state index contributed by atoms with van der Waals surface area (Å²) in [6, 6.07) is 2.81. The van der Waals surface area contributed by atoms with Crippen molar-refractivity contribution in [2.75, 3.05) is 14.2 Å². The van der Waals surface area contributed by atoms with Crippen molar-refractivity contribution >= 4 is 22.7 Å². The van der Waals surface area contributed by atoms with E-state index in [1.165, 1.54) is 7.05 Å². The minimum absolute atomic E-state index is 0.184. The molecule has 19 heavy (non-hydrogen) atoms. The van der Waals surface area contributed by atoms with Crippen LogP contribution in [0.15, 0.2) is 23.1 Å². The predicted molar refractivity (Wildman–Crippen MR) is 62.5 cm³/mol. The van der Waals surface area contributed by atoms with Gasteiger partial charge < -0.3 is 14.5 Å². The number of non-ortho nitro benzene ring substituents is 1. The van der Waals surface area contributed by atoms with E-state index in [4.69, 9.17) is 5.21 Å². The SMILES string of the molecule is CNO.COC(=O)c1cc([N+](=O)[O-])cc(S(=O)[O-])c1. The summed E-state index contributed by atoms with van der Waals surface area (Å²) in [6.45, 7) is 0. The van der Waals surface area contributed by atoms with E-state index in [0.717, 1.165) is 25.3 Å². The number of nitrogens with zero attached hydrogens (tertiary/aromatic N) is 1. The maximum atomic E-state index is 11.1. The summed E-state index contributed by atoms with van der Waals surface area (Å²) < 4.78 is 25.7. The van der Waals surface area contributed by atoms with Gasteiger partial charge in [0.25, 0.3) is 5.69 Å².